The topological polar surface area (TPSA) is 211 Å². The van der Waals surface area contributed by atoms with Gasteiger partial charge in [0, 0.05) is 12.8 Å². The molecule has 4 aliphatic rings. The number of unbranched alkanes of at least 4 members (excludes halogenated alkanes) is 2. The second-order valence-electron chi connectivity index (χ2n) is 17.2. The van der Waals surface area contributed by atoms with Crippen LogP contribution in [-0.2, 0) is 47.6 Å². The molecule has 0 bridgehead atoms. The van der Waals surface area contributed by atoms with E-state index in [9.17, 15) is 39.6 Å². The number of aliphatic carboxylic acids is 2. The largest absolute Gasteiger partial charge is 0.480 e. The molecule has 2 saturated carbocycles. The molecule has 2 aliphatic heterocycles. The molecule has 2 heterocycles. The summed E-state index contributed by atoms with van der Waals surface area (Å²) < 4.78 is 35.2. The average molecular weight is 799 g/mol. The van der Waals surface area contributed by atoms with Crippen LogP contribution in [0.4, 0.5) is 0 Å². The van der Waals surface area contributed by atoms with Crippen LogP contribution in [0.5, 0.6) is 0 Å². The van der Waals surface area contributed by atoms with Gasteiger partial charge in [-0.3, -0.25) is 19.2 Å². The Morgan fingerprint density at radius 1 is 0.786 bits per heavy atom. The van der Waals surface area contributed by atoms with E-state index in [1.807, 2.05) is 0 Å². The Morgan fingerprint density at radius 2 is 1.29 bits per heavy atom. The predicted molar refractivity (Wildman–Crippen MR) is 204 cm³/mol. The number of hydrogen-bond acceptors (Lipinski definition) is 12. The summed E-state index contributed by atoms with van der Waals surface area (Å²) in [5, 5.41) is 41.3. The molecule has 0 spiro atoms. The standard InChI is InChI=1S/C42H70O14/c1-7-11-13-27(9-3)17-29-19-31-33(55-31)21-41(29,36(45)46)38(49)52-25-40(6,35(23-44)51-16-15-43)53-24-26(5)54-39(50)42(37(47)48)22-34-32(56-34)20-30(42)18-28(10-4)14-12-8-2/h26-35,43-44H,7-25H2,1-6H3,(H,45,46)(H,47,48). The Kier molecular flexibility index (Phi) is 17.0. The number of hydrogen-bond donors (Lipinski definition) is 4. The molecule has 2 aliphatic carbocycles. The first-order chi connectivity index (χ1) is 26.7. The highest BCUT2D eigenvalue weighted by atomic mass is 16.6. The first-order valence-electron chi connectivity index (χ1n) is 21.3. The van der Waals surface area contributed by atoms with Crippen LogP contribution in [0.25, 0.3) is 0 Å². The Bertz CT molecular complexity index is 1310. The maximum Gasteiger partial charge on any atom is 0.324 e. The summed E-state index contributed by atoms with van der Waals surface area (Å²) in [7, 11) is 0. The summed E-state index contributed by atoms with van der Waals surface area (Å²) >= 11 is 0. The van der Waals surface area contributed by atoms with Crippen molar-refractivity contribution in [3.8, 4) is 0 Å². The van der Waals surface area contributed by atoms with E-state index in [1.165, 1.54) is 6.92 Å². The van der Waals surface area contributed by atoms with Crippen LogP contribution in [-0.4, -0.2) is 120 Å². The minimum Gasteiger partial charge on any atom is -0.480 e. The molecular weight excluding hydrogens is 728 g/mol. The molecule has 0 amide bonds. The van der Waals surface area contributed by atoms with Crippen molar-refractivity contribution >= 4 is 23.9 Å². The minimum absolute atomic E-state index is 0.00766. The van der Waals surface area contributed by atoms with Crippen LogP contribution in [0.1, 0.15) is 131 Å². The third-order valence-corrected chi connectivity index (χ3v) is 13.4. The number of esters is 2. The highest BCUT2D eigenvalue weighted by molar-refractivity contribution is 6.00. The van der Waals surface area contributed by atoms with Gasteiger partial charge in [-0.15, -0.1) is 0 Å². The van der Waals surface area contributed by atoms with Gasteiger partial charge in [-0.05, 0) is 63.2 Å². The third-order valence-electron chi connectivity index (χ3n) is 13.4. The molecular formula is C42H70O14. The SMILES string of the molecule is CCCCC(CC)CC1CC2OC2CC1(C(=O)O)C(=O)OCC(C)(OCC(C)OC(=O)C1(C(=O)O)CC2OC2CC1CC(CC)CCCC)C(CO)OCCO. The van der Waals surface area contributed by atoms with Gasteiger partial charge in [0.25, 0.3) is 0 Å². The van der Waals surface area contributed by atoms with Crippen molar-refractivity contribution in [1.29, 1.82) is 0 Å². The van der Waals surface area contributed by atoms with Crippen LogP contribution in [0.15, 0.2) is 0 Å². The first kappa shape index (κ1) is 46.3. The zero-order valence-electron chi connectivity index (χ0n) is 34.6. The summed E-state index contributed by atoms with van der Waals surface area (Å²) in [5.41, 5.74) is -5.24. The number of rotatable bonds is 27. The molecule has 56 heavy (non-hydrogen) atoms. The molecule has 2 saturated heterocycles. The number of fused-ring (bicyclic) bond motifs is 2. The number of carbonyl (C=O) groups excluding carboxylic acids is 2. The summed E-state index contributed by atoms with van der Waals surface area (Å²) in [6.07, 6.45) is 6.78. The van der Waals surface area contributed by atoms with Crippen molar-refractivity contribution < 1.29 is 68.0 Å². The van der Waals surface area contributed by atoms with Gasteiger partial charge in [-0.1, -0.05) is 79.1 Å². The fourth-order valence-electron chi connectivity index (χ4n) is 9.44. The summed E-state index contributed by atoms with van der Waals surface area (Å²) in [6.45, 7) is 9.50. The Balaban J connectivity index is 1.51. The van der Waals surface area contributed by atoms with Crippen molar-refractivity contribution in [2.24, 2.45) is 34.5 Å². The lowest BCUT2D eigenvalue weighted by atomic mass is 9.63. The van der Waals surface area contributed by atoms with Crippen LogP contribution >= 0.6 is 0 Å². The van der Waals surface area contributed by atoms with Gasteiger partial charge in [0.2, 0.25) is 0 Å². The van der Waals surface area contributed by atoms with E-state index >= 15 is 0 Å². The fourth-order valence-corrected chi connectivity index (χ4v) is 9.44. The number of carbonyl (C=O) groups is 4. The van der Waals surface area contributed by atoms with E-state index in [2.05, 4.69) is 27.7 Å². The van der Waals surface area contributed by atoms with Crippen LogP contribution in [0, 0.1) is 34.5 Å². The second-order valence-corrected chi connectivity index (χ2v) is 17.2. The van der Waals surface area contributed by atoms with E-state index in [4.69, 9.17) is 28.4 Å². The lowest BCUT2D eigenvalue weighted by Gasteiger charge is -2.41. The molecule has 13 unspecified atom stereocenters. The van der Waals surface area contributed by atoms with Gasteiger partial charge in [0.1, 0.15) is 24.4 Å². The van der Waals surface area contributed by atoms with Crippen molar-refractivity contribution in [2.45, 2.75) is 174 Å². The molecule has 0 aromatic rings. The monoisotopic (exact) mass is 798 g/mol. The molecule has 4 N–H and O–H groups in total. The van der Waals surface area contributed by atoms with E-state index in [-0.39, 0.29) is 68.9 Å². The Labute approximate surface area is 332 Å². The second kappa shape index (κ2) is 20.6. The maximum absolute atomic E-state index is 14.2. The van der Waals surface area contributed by atoms with Crippen LogP contribution < -0.4 is 0 Å². The minimum atomic E-state index is -1.85. The van der Waals surface area contributed by atoms with Crippen molar-refractivity contribution in [1.82, 2.24) is 0 Å². The van der Waals surface area contributed by atoms with Gasteiger partial charge >= 0.3 is 23.9 Å². The summed E-state index contributed by atoms with van der Waals surface area (Å²) in [4.78, 5) is 54.4. The van der Waals surface area contributed by atoms with E-state index < -0.39 is 77.6 Å². The quantitative estimate of drug-likeness (QED) is 0.0471. The number of epoxide rings is 2. The van der Waals surface area contributed by atoms with Crippen molar-refractivity contribution in [3.05, 3.63) is 0 Å². The van der Waals surface area contributed by atoms with Crippen molar-refractivity contribution in [2.75, 3.05) is 33.0 Å². The number of carboxylic acids is 2. The van der Waals surface area contributed by atoms with Gasteiger partial charge < -0.3 is 48.8 Å². The van der Waals surface area contributed by atoms with Gasteiger partial charge in [-0.2, -0.15) is 0 Å². The predicted octanol–water partition coefficient (Wildman–Crippen LogP) is 5.32. The average Bonchev–Trinajstić information content (AvgIpc) is 4.11. The number of ether oxygens (including phenoxy) is 6. The lowest BCUT2D eigenvalue weighted by molar-refractivity contribution is -0.207. The number of aliphatic hydroxyl groups excluding tert-OH is 2. The fraction of sp³-hybridized carbons (Fsp3) is 0.905. The Morgan fingerprint density at radius 3 is 1.71 bits per heavy atom. The molecule has 14 heteroatoms. The van der Waals surface area contributed by atoms with Gasteiger partial charge in [0.15, 0.2) is 10.8 Å². The highest BCUT2D eigenvalue weighted by Crippen LogP contribution is 2.55. The molecule has 4 fully saturated rings. The normalized spacial score (nSPS) is 32.4. The lowest BCUT2D eigenvalue weighted by Crippen LogP contribution is -2.55. The highest BCUT2D eigenvalue weighted by Gasteiger charge is 2.65. The number of aliphatic hydroxyl groups is 2. The Hall–Kier alpha value is -2.36. The zero-order chi connectivity index (χ0) is 41.3. The molecule has 0 aromatic heterocycles. The summed E-state index contributed by atoms with van der Waals surface area (Å²) in [6, 6.07) is 0. The first-order valence-corrected chi connectivity index (χ1v) is 21.3. The van der Waals surface area contributed by atoms with Crippen LogP contribution in [0.2, 0.25) is 0 Å². The molecule has 322 valence electrons. The number of carboxylic acid groups (broad SMARTS) is 2. The molecule has 0 aromatic carbocycles. The third kappa shape index (κ3) is 10.6. The summed E-state index contributed by atoms with van der Waals surface area (Å²) in [5.74, 6) is -4.76. The van der Waals surface area contributed by atoms with Gasteiger partial charge in [-0.25, -0.2) is 0 Å². The van der Waals surface area contributed by atoms with E-state index in [0.717, 1.165) is 51.4 Å². The smallest absolute Gasteiger partial charge is 0.324 e. The van der Waals surface area contributed by atoms with E-state index in [1.54, 1.807) is 6.92 Å². The van der Waals surface area contributed by atoms with Crippen molar-refractivity contribution in [3.63, 3.8) is 0 Å². The molecule has 14 nitrogen and oxygen atoms in total. The van der Waals surface area contributed by atoms with Gasteiger partial charge in [0.05, 0.1) is 50.8 Å². The zero-order valence-corrected chi connectivity index (χ0v) is 34.6. The molecule has 4 rings (SSSR count). The van der Waals surface area contributed by atoms with E-state index in [0.29, 0.717) is 25.7 Å². The molecule has 13 atom stereocenters. The van der Waals surface area contributed by atoms with Crippen LogP contribution in [0.3, 0.4) is 0 Å². The maximum atomic E-state index is 14.2. The molecule has 0 radical (unpaired) electrons.